The fraction of sp³-hybridized carbons (Fsp3) is 0.292. The number of carboxylic acids is 1. The largest absolute Gasteiger partial charge is 0.490 e. The summed E-state index contributed by atoms with van der Waals surface area (Å²) in [7, 11) is 0. The van der Waals surface area contributed by atoms with E-state index in [-0.39, 0.29) is 11.0 Å². The van der Waals surface area contributed by atoms with Gasteiger partial charge in [0.1, 0.15) is 4.91 Å². The molecule has 0 saturated carbocycles. The van der Waals surface area contributed by atoms with Crippen molar-refractivity contribution in [1.82, 2.24) is 14.8 Å². The van der Waals surface area contributed by atoms with E-state index in [1.165, 1.54) is 0 Å². The Morgan fingerprint density at radius 2 is 1.88 bits per heavy atom. The van der Waals surface area contributed by atoms with E-state index >= 15 is 0 Å². The summed E-state index contributed by atoms with van der Waals surface area (Å²) in [6.45, 7) is 8.76. The first-order valence-electron chi connectivity index (χ1n) is 10.6. The van der Waals surface area contributed by atoms with Gasteiger partial charge in [-0.25, -0.2) is 4.79 Å². The molecule has 0 bridgehead atoms. The number of hydrogen-bond acceptors (Lipinski definition) is 6. The molecule has 3 rings (SSSR count). The second-order valence-corrected chi connectivity index (χ2v) is 8.72. The van der Waals surface area contributed by atoms with Gasteiger partial charge in [0.15, 0.2) is 22.5 Å². The minimum atomic E-state index is -1.06. The molecule has 0 spiro atoms. The first-order valence-corrected chi connectivity index (χ1v) is 11.8. The Kier molecular flexibility index (Phi) is 8.41. The second kappa shape index (κ2) is 11.2. The highest BCUT2D eigenvalue weighted by Gasteiger charge is 2.19. The number of halogens is 1. The molecule has 0 amide bonds. The maximum Gasteiger partial charge on any atom is 0.342 e. The van der Waals surface area contributed by atoms with E-state index in [0.29, 0.717) is 46.2 Å². The Morgan fingerprint density at radius 1 is 1.15 bits per heavy atom. The molecule has 0 aliphatic rings. The van der Waals surface area contributed by atoms with Crippen LogP contribution >= 0.6 is 23.4 Å². The summed E-state index contributed by atoms with van der Waals surface area (Å²) in [5.41, 5.74) is 1.53. The van der Waals surface area contributed by atoms with Crippen LogP contribution in [0.5, 0.6) is 11.5 Å². The zero-order valence-electron chi connectivity index (χ0n) is 18.9. The lowest BCUT2D eigenvalue weighted by Crippen LogP contribution is -2.07. The van der Waals surface area contributed by atoms with Crippen LogP contribution in [0.2, 0.25) is 5.02 Å². The van der Waals surface area contributed by atoms with E-state index in [9.17, 15) is 9.90 Å². The van der Waals surface area contributed by atoms with Crippen LogP contribution in [0.3, 0.4) is 0 Å². The van der Waals surface area contributed by atoms with E-state index in [0.717, 1.165) is 17.3 Å². The van der Waals surface area contributed by atoms with Crippen molar-refractivity contribution in [3.05, 3.63) is 58.0 Å². The molecule has 9 heteroatoms. The monoisotopic (exact) mass is 487 g/mol. The summed E-state index contributed by atoms with van der Waals surface area (Å²) in [6, 6.07) is 12.6. The Bertz CT molecular complexity index is 1140. The molecular weight excluding hydrogens is 462 g/mol. The standard InChI is InChI=1S/C24H26ClN3O4S/c1-5-28-22(17-8-10-18(25)11-9-17)26-27-24(28)33-21(23(29)30)14-16-7-12-19(32-15(3)4)20(13-16)31-6-2/h7-15H,5-6H2,1-4H3,(H,29,30)/b21-14-. The number of aromatic nitrogens is 3. The molecule has 0 aliphatic carbocycles. The van der Waals surface area contributed by atoms with Crippen molar-refractivity contribution in [2.45, 2.75) is 45.5 Å². The molecular formula is C24H26ClN3O4S. The quantitative estimate of drug-likeness (QED) is 0.276. The molecule has 0 radical (unpaired) electrons. The number of rotatable bonds is 10. The third-order valence-corrected chi connectivity index (χ3v) is 5.72. The van der Waals surface area contributed by atoms with Crippen molar-refractivity contribution in [3.8, 4) is 22.9 Å². The van der Waals surface area contributed by atoms with Crippen molar-refractivity contribution in [1.29, 1.82) is 0 Å². The average molecular weight is 488 g/mol. The Balaban J connectivity index is 1.94. The van der Waals surface area contributed by atoms with Gasteiger partial charge in [-0.2, -0.15) is 0 Å². The smallest absolute Gasteiger partial charge is 0.342 e. The van der Waals surface area contributed by atoms with E-state index < -0.39 is 5.97 Å². The SMILES string of the molecule is CCOc1cc(/C=C(\Sc2nnc(-c3ccc(Cl)cc3)n2CC)C(=O)O)ccc1OC(C)C. The normalized spacial score (nSPS) is 11.6. The van der Waals surface area contributed by atoms with Crippen molar-refractivity contribution in [3.63, 3.8) is 0 Å². The molecule has 0 unspecified atom stereocenters. The summed E-state index contributed by atoms with van der Waals surface area (Å²) in [6.07, 6.45) is 1.58. The van der Waals surface area contributed by atoms with Crippen molar-refractivity contribution in [2.75, 3.05) is 6.61 Å². The Morgan fingerprint density at radius 3 is 2.48 bits per heavy atom. The zero-order valence-corrected chi connectivity index (χ0v) is 20.5. The van der Waals surface area contributed by atoms with Gasteiger partial charge in [-0.3, -0.25) is 0 Å². The highest BCUT2D eigenvalue weighted by Crippen LogP contribution is 2.34. The summed E-state index contributed by atoms with van der Waals surface area (Å²) in [4.78, 5) is 12.1. The van der Waals surface area contributed by atoms with Crippen molar-refractivity contribution < 1.29 is 19.4 Å². The minimum Gasteiger partial charge on any atom is -0.490 e. The molecule has 33 heavy (non-hydrogen) atoms. The number of nitrogens with zero attached hydrogens (tertiary/aromatic N) is 3. The average Bonchev–Trinajstić information content (AvgIpc) is 3.18. The minimum absolute atomic E-state index is 0.00836. The Labute approximate surface area is 202 Å². The lowest BCUT2D eigenvalue weighted by molar-refractivity contribution is -0.131. The molecule has 174 valence electrons. The summed E-state index contributed by atoms with van der Waals surface area (Å²) in [5, 5.41) is 19.5. The van der Waals surface area contributed by atoms with Gasteiger partial charge < -0.3 is 19.1 Å². The maximum absolute atomic E-state index is 12.0. The fourth-order valence-corrected chi connectivity index (χ4v) is 4.09. The van der Waals surface area contributed by atoms with Gasteiger partial charge >= 0.3 is 5.97 Å². The first kappa shape index (κ1) is 24.7. The van der Waals surface area contributed by atoms with Crippen LogP contribution in [0.25, 0.3) is 17.5 Å². The lowest BCUT2D eigenvalue weighted by Gasteiger charge is -2.15. The van der Waals surface area contributed by atoms with Gasteiger partial charge in [-0.05, 0) is 87.5 Å². The summed E-state index contributed by atoms with van der Waals surface area (Å²) >= 11 is 7.04. The van der Waals surface area contributed by atoms with Crippen LogP contribution < -0.4 is 9.47 Å². The van der Waals surface area contributed by atoms with Crippen LogP contribution in [0.1, 0.15) is 33.3 Å². The molecule has 0 saturated heterocycles. The highest BCUT2D eigenvalue weighted by molar-refractivity contribution is 8.04. The molecule has 1 aromatic heterocycles. The number of carbonyl (C=O) groups is 1. The van der Waals surface area contributed by atoms with Crippen LogP contribution in [0.4, 0.5) is 0 Å². The van der Waals surface area contributed by atoms with Crippen LogP contribution in [0.15, 0.2) is 52.5 Å². The summed E-state index contributed by atoms with van der Waals surface area (Å²) < 4.78 is 13.3. The van der Waals surface area contributed by atoms with Crippen molar-refractivity contribution in [2.24, 2.45) is 0 Å². The van der Waals surface area contributed by atoms with Gasteiger partial charge in [0.25, 0.3) is 0 Å². The van der Waals surface area contributed by atoms with Gasteiger partial charge in [0.2, 0.25) is 0 Å². The molecule has 0 atom stereocenters. The first-order chi connectivity index (χ1) is 15.8. The maximum atomic E-state index is 12.0. The fourth-order valence-electron chi connectivity index (χ4n) is 3.08. The number of ether oxygens (including phenoxy) is 2. The predicted octanol–water partition coefficient (Wildman–Crippen LogP) is 6.02. The van der Waals surface area contributed by atoms with E-state index in [4.69, 9.17) is 21.1 Å². The number of hydrogen-bond donors (Lipinski definition) is 1. The highest BCUT2D eigenvalue weighted by atomic mass is 35.5. The van der Waals surface area contributed by atoms with Crippen LogP contribution in [-0.4, -0.2) is 38.6 Å². The second-order valence-electron chi connectivity index (χ2n) is 7.28. The number of thioether (sulfide) groups is 1. The number of carboxylic acid groups (broad SMARTS) is 1. The van der Waals surface area contributed by atoms with Crippen LogP contribution in [0, 0.1) is 0 Å². The van der Waals surface area contributed by atoms with E-state index in [1.807, 2.05) is 44.4 Å². The molecule has 3 aromatic rings. The van der Waals surface area contributed by atoms with Gasteiger partial charge in [0, 0.05) is 17.1 Å². The molecule has 1 heterocycles. The number of benzene rings is 2. The zero-order chi connectivity index (χ0) is 24.0. The molecule has 0 fully saturated rings. The van der Waals surface area contributed by atoms with Crippen LogP contribution in [-0.2, 0) is 11.3 Å². The Hall–Kier alpha value is -2.97. The van der Waals surface area contributed by atoms with Gasteiger partial charge in [0.05, 0.1) is 12.7 Å². The van der Waals surface area contributed by atoms with E-state index in [2.05, 4.69) is 10.2 Å². The van der Waals surface area contributed by atoms with E-state index in [1.54, 1.807) is 36.4 Å². The molecule has 7 nitrogen and oxygen atoms in total. The molecule has 1 N–H and O–H groups in total. The van der Waals surface area contributed by atoms with Gasteiger partial charge in [-0.1, -0.05) is 17.7 Å². The topological polar surface area (TPSA) is 86.5 Å². The van der Waals surface area contributed by atoms with Crippen molar-refractivity contribution >= 4 is 35.4 Å². The lowest BCUT2D eigenvalue weighted by atomic mass is 10.2. The predicted molar refractivity (Wildman–Crippen MR) is 131 cm³/mol. The number of aliphatic carboxylic acids is 1. The van der Waals surface area contributed by atoms with Gasteiger partial charge in [-0.15, -0.1) is 10.2 Å². The molecule has 0 aliphatic heterocycles. The third-order valence-electron chi connectivity index (χ3n) is 4.48. The summed E-state index contributed by atoms with van der Waals surface area (Å²) in [5.74, 6) is 0.776. The third kappa shape index (κ3) is 6.30. The molecule has 2 aromatic carbocycles.